The fraction of sp³-hybridized carbons (Fsp3) is 0.125. The molecular weight excluding hydrogens is 522 g/mol. The second kappa shape index (κ2) is 11.8. The molecule has 0 radical (unpaired) electrons. The Morgan fingerprint density at radius 3 is 2.48 bits per heavy atom. The fourth-order valence-corrected chi connectivity index (χ4v) is 4.80. The Morgan fingerprint density at radius 1 is 0.975 bits per heavy atom. The zero-order valence-electron chi connectivity index (χ0n) is 21.7. The van der Waals surface area contributed by atoms with Gasteiger partial charge in [0.1, 0.15) is 6.10 Å². The van der Waals surface area contributed by atoms with Gasteiger partial charge in [-0.05, 0) is 52.6 Å². The molecule has 40 heavy (non-hydrogen) atoms. The SMILES string of the molecule is Cn1cncc1C(OCc1cn(Cc2ccccc2C#N)c(=O)cc1-c1cccc(Cl)c1)c1ccc(C#N)cc1. The maximum absolute atomic E-state index is 13.3. The van der Waals surface area contributed by atoms with Crippen LogP contribution in [-0.4, -0.2) is 14.1 Å². The van der Waals surface area contributed by atoms with Gasteiger partial charge in [-0.15, -0.1) is 0 Å². The van der Waals surface area contributed by atoms with Crippen LogP contribution in [0, 0.1) is 22.7 Å². The number of aryl methyl sites for hydroxylation is 1. The lowest BCUT2D eigenvalue weighted by Crippen LogP contribution is -2.22. The highest BCUT2D eigenvalue weighted by Crippen LogP contribution is 2.30. The maximum Gasteiger partial charge on any atom is 0.251 e. The molecule has 0 amide bonds. The second-order valence-corrected chi connectivity index (χ2v) is 9.75. The number of aromatic nitrogens is 3. The molecule has 0 saturated heterocycles. The van der Waals surface area contributed by atoms with Crippen LogP contribution in [0.25, 0.3) is 11.1 Å². The Kier molecular flexibility index (Phi) is 7.89. The third-order valence-electron chi connectivity index (χ3n) is 6.69. The molecule has 8 heteroatoms. The average molecular weight is 546 g/mol. The number of halogens is 1. The average Bonchev–Trinajstić information content (AvgIpc) is 3.40. The minimum absolute atomic E-state index is 0.165. The number of imidazole rings is 1. The van der Waals surface area contributed by atoms with E-state index in [4.69, 9.17) is 16.3 Å². The number of rotatable bonds is 8. The molecule has 2 aromatic heterocycles. The van der Waals surface area contributed by atoms with E-state index in [-0.39, 0.29) is 18.7 Å². The molecule has 0 fully saturated rings. The zero-order chi connectivity index (χ0) is 28.1. The largest absolute Gasteiger partial charge is 0.362 e. The Balaban J connectivity index is 1.56. The highest BCUT2D eigenvalue weighted by molar-refractivity contribution is 6.30. The van der Waals surface area contributed by atoms with Crippen LogP contribution in [0.2, 0.25) is 5.02 Å². The Bertz CT molecular complexity index is 1810. The van der Waals surface area contributed by atoms with Gasteiger partial charge in [0.05, 0.1) is 54.6 Å². The lowest BCUT2D eigenvalue weighted by Gasteiger charge is -2.21. The van der Waals surface area contributed by atoms with Crippen LogP contribution in [0.3, 0.4) is 0 Å². The molecule has 2 heterocycles. The van der Waals surface area contributed by atoms with E-state index in [1.807, 2.05) is 54.1 Å². The third kappa shape index (κ3) is 5.72. The summed E-state index contributed by atoms with van der Waals surface area (Å²) in [6, 6.07) is 27.7. The van der Waals surface area contributed by atoms with Crippen LogP contribution >= 0.6 is 11.6 Å². The molecule has 0 aliphatic rings. The summed E-state index contributed by atoms with van der Waals surface area (Å²) in [6.45, 7) is 0.407. The molecule has 0 aliphatic carbocycles. The van der Waals surface area contributed by atoms with Crippen LogP contribution in [0.1, 0.15) is 39.6 Å². The zero-order valence-corrected chi connectivity index (χ0v) is 22.4. The highest BCUT2D eigenvalue weighted by Gasteiger charge is 2.20. The van der Waals surface area contributed by atoms with Crippen molar-refractivity contribution >= 4 is 11.6 Å². The molecule has 1 atom stereocenters. The third-order valence-corrected chi connectivity index (χ3v) is 6.93. The number of benzene rings is 3. The molecule has 0 bridgehead atoms. The first-order valence-corrected chi connectivity index (χ1v) is 12.9. The van der Waals surface area contributed by atoms with Crippen molar-refractivity contribution in [1.82, 2.24) is 14.1 Å². The predicted octanol–water partition coefficient (Wildman–Crippen LogP) is 6.00. The number of hydrogen-bond donors (Lipinski definition) is 0. The summed E-state index contributed by atoms with van der Waals surface area (Å²) in [5, 5.41) is 19.3. The molecule has 0 spiro atoms. The summed E-state index contributed by atoms with van der Waals surface area (Å²) < 4.78 is 10.0. The van der Waals surface area contributed by atoms with Gasteiger partial charge in [0, 0.05) is 29.9 Å². The molecule has 0 N–H and O–H groups in total. The minimum atomic E-state index is -0.479. The molecule has 3 aromatic carbocycles. The number of hydrogen-bond acceptors (Lipinski definition) is 5. The van der Waals surface area contributed by atoms with Crippen LogP contribution in [0.15, 0.2) is 102 Å². The minimum Gasteiger partial charge on any atom is -0.362 e. The van der Waals surface area contributed by atoms with Crippen molar-refractivity contribution < 1.29 is 4.74 Å². The van der Waals surface area contributed by atoms with E-state index in [0.717, 1.165) is 27.9 Å². The molecule has 5 rings (SSSR count). The summed E-state index contributed by atoms with van der Waals surface area (Å²) in [4.78, 5) is 17.5. The summed E-state index contributed by atoms with van der Waals surface area (Å²) in [7, 11) is 1.90. The quantitative estimate of drug-likeness (QED) is 0.238. The van der Waals surface area contributed by atoms with Gasteiger partial charge < -0.3 is 13.9 Å². The van der Waals surface area contributed by atoms with Crippen molar-refractivity contribution in [2.45, 2.75) is 19.3 Å². The first kappa shape index (κ1) is 26.6. The standard InChI is InChI=1S/C32H24ClN5O2/c1-37-21-36-17-30(37)32(23-11-9-22(15-34)10-12-23)40-20-27-19-38(18-26-6-3-2-5-25(26)16-35)31(39)14-29(27)24-7-4-8-28(33)13-24/h2-14,17,19,21,32H,18,20H2,1H3. The lowest BCUT2D eigenvalue weighted by molar-refractivity contribution is 0.0621. The monoisotopic (exact) mass is 545 g/mol. The second-order valence-electron chi connectivity index (χ2n) is 9.31. The van der Waals surface area contributed by atoms with E-state index in [1.165, 1.54) is 0 Å². The smallest absolute Gasteiger partial charge is 0.251 e. The highest BCUT2D eigenvalue weighted by atomic mass is 35.5. The molecule has 0 saturated carbocycles. The topological polar surface area (TPSA) is 96.6 Å². The van der Waals surface area contributed by atoms with E-state index in [9.17, 15) is 15.3 Å². The van der Waals surface area contributed by atoms with Crippen LogP contribution in [-0.2, 0) is 24.9 Å². The van der Waals surface area contributed by atoms with Crippen LogP contribution in [0.5, 0.6) is 0 Å². The van der Waals surface area contributed by atoms with Crippen molar-refractivity contribution in [3.8, 4) is 23.3 Å². The van der Waals surface area contributed by atoms with Gasteiger partial charge in [-0.3, -0.25) is 4.79 Å². The van der Waals surface area contributed by atoms with Gasteiger partial charge in [-0.25, -0.2) is 4.98 Å². The Morgan fingerprint density at radius 2 is 1.77 bits per heavy atom. The van der Waals surface area contributed by atoms with Crippen LogP contribution < -0.4 is 5.56 Å². The molecular formula is C32H24ClN5O2. The van der Waals surface area contributed by atoms with E-state index < -0.39 is 6.10 Å². The van der Waals surface area contributed by atoms with E-state index in [2.05, 4.69) is 17.1 Å². The summed E-state index contributed by atoms with van der Waals surface area (Å²) >= 11 is 6.30. The van der Waals surface area contributed by atoms with Gasteiger partial charge in [-0.1, -0.05) is 54.1 Å². The van der Waals surface area contributed by atoms with Crippen molar-refractivity contribution in [2.24, 2.45) is 7.05 Å². The maximum atomic E-state index is 13.3. The van der Waals surface area contributed by atoms with Crippen molar-refractivity contribution in [2.75, 3.05) is 0 Å². The first-order chi connectivity index (χ1) is 19.5. The van der Waals surface area contributed by atoms with Crippen LogP contribution in [0.4, 0.5) is 0 Å². The first-order valence-electron chi connectivity index (χ1n) is 12.5. The fourth-order valence-electron chi connectivity index (χ4n) is 4.61. The van der Waals surface area contributed by atoms with Gasteiger partial charge in [0.25, 0.3) is 5.56 Å². The van der Waals surface area contributed by atoms with E-state index >= 15 is 0 Å². The molecule has 1 unspecified atom stereocenters. The van der Waals surface area contributed by atoms with Crippen molar-refractivity contribution in [1.29, 1.82) is 10.5 Å². The summed E-state index contributed by atoms with van der Waals surface area (Å²) in [6.07, 6.45) is 4.76. The van der Waals surface area contributed by atoms with Crippen molar-refractivity contribution in [3.05, 3.63) is 146 Å². The van der Waals surface area contributed by atoms with Crippen molar-refractivity contribution in [3.63, 3.8) is 0 Å². The number of nitrogens with zero attached hydrogens (tertiary/aromatic N) is 5. The van der Waals surface area contributed by atoms with Gasteiger partial charge in [0.15, 0.2) is 0 Å². The van der Waals surface area contributed by atoms with Gasteiger partial charge in [-0.2, -0.15) is 10.5 Å². The normalized spacial score (nSPS) is 11.5. The number of ether oxygens (including phenoxy) is 1. The molecule has 7 nitrogen and oxygen atoms in total. The molecule has 196 valence electrons. The number of nitriles is 2. The molecule has 0 aliphatic heterocycles. The predicted molar refractivity (Wildman–Crippen MR) is 152 cm³/mol. The lowest BCUT2D eigenvalue weighted by atomic mass is 10.0. The number of pyridine rings is 1. The van der Waals surface area contributed by atoms with E-state index in [0.29, 0.717) is 21.7 Å². The Hall–Kier alpha value is -4.95. The Labute approximate surface area is 236 Å². The van der Waals surface area contributed by atoms with E-state index in [1.54, 1.807) is 59.7 Å². The van der Waals surface area contributed by atoms with Gasteiger partial charge >= 0.3 is 0 Å². The summed E-state index contributed by atoms with van der Waals surface area (Å²) in [5.74, 6) is 0. The van der Waals surface area contributed by atoms with Gasteiger partial charge in [0.2, 0.25) is 0 Å². The summed E-state index contributed by atoms with van der Waals surface area (Å²) in [5.41, 5.74) is 5.60. The molecule has 5 aromatic rings.